The van der Waals surface area contributed by atoms with Crippen LogP contribution in [0.15, 0.2) is 22.7 Å². The zero-order valence-corrected chi connectivity index (χ0v) is 10.4. The summed E-state index contributed by atoms with van der Waals surface area (Å²) in [4.78, 5) is 10.8. The third-order valence-electron chi connectivity index (χ3n) is 2.03. The lowest BCUT2D eigenvalue weighted by molar-refractivity contribution is 0.0325. The van der Waals surface area contributed by atoms with Crippen molar-refractivity contribution in [1.29, 1.82) is 0 Å². The van der Waals surface area contributed by atoms with Crippen molar-refractivity contribution in [3.05, 3.63) is 33.8 Å². The van der Waals surface area contributed by atoms with Gasteiger partial charge in [0.05, 0.1) is 17.5 Å². The minimum atomic E-state index is -1.20. The maximum atomic E-state index is 10.8. The maximum absolute atomic E-state index is 10.8. The molecule has 0 aliphatic rings. The number of carboxylic acids is 1. The Kier molecular flexibility index (Phi) is 4.73. The van der Waals surface area contributed by atoms with Gasteiger partial charge in [0.2, 0.25) is 0 Å². The molecule has 1 aromatic carbocycles. The predicted molar refractivity (Wildman–Crippen MR) is 62.8 cm³/mol. The van der Waals surface area contributed by atoms with Crippen molar-refractivity contribution < 1.29 is 20.1 Å². The Balaban J connectivity index is 3.09. The van der Waals surface area contributed by atoms with Crippen molar-refractivity contribution in [3.63, 3.8) is 0 Å². The Hall–Kier alpha value is -0.620. The Morgan fingerprint density at radius 3 is 2.50 bits per heavy atom. The summed E-state index contributed by atoms with van der Waals surface area (Å²) in [5, 5.41) is 27.8. The van der Waals surface area contributed by atoms with E-state index < -0.39 is 18.2 Å². The van der Waals surface area contributed by atoms with Crippen molar-refractivity contribution in [3.8, 4) is 0 Å². The summed E-state index contributed by atoms with van der Waals surface area (Å²) >= 11 is 8.53. The molecule has 3 N–H and O–H groups in total. The van der Waals surface area contributed by atoms with Crippen LogP contribution >= 0.6 is 27.5 Å². The topological polar surface area (TPSA) is 77.8 Å². The van der Waals surface area contributed by atoms with Crippen molar-refractivity contribution in [2.24, 2.45) is 0 Å². The van der Waals surface area contributed by atoms with Gasteiger partial charge in [0, 0.05) is 4.47 Å². The molecule has 0 spiro atoms. The standard InChI is InChI=1S/C10H10BrClO4/c11-7-2-5(9(14)8(13)4-12)1-6(3-7)10(15)16/h1-3,8-9,13-14H,4H2,(H,15,16). The average molecular weight is 310 g/mol. The van der Waals surface area contributed by atoms with Crippen molar-refractivity contribution >= 4 is 33.5 Å². The predicted octanol–water partition coefficient (Wildman–Crippen LogP) is 1.78. The largest absolute Gasteiger partial charge is 0.478 e. The summed E-state index contributed by atoms with van der Waals surface area (Å²) in [6, 6.07) is 4.24. The lowest BCUT2D eigenvalue weighted by Crippen LogP contribution is -2.20. The first kappa shape index (κ1) is 13.4. The van der Waals surface area contributed by atoms with Gasteiger partial charge in [0.1, 0.15) is 6.10 Å². The van der Waals surface area contributed by atoms with E-state index in [9.17, 15) is 15.0 Å². The molecule has 2 atom stereocenters. The molecule has 0 saturated heterocycles. The van der Waals surface area contributed by atoms with Gasteiger partial charge in [-0.1, -0.05) is 15.9 Å². The van der Waals surface area contributed by atoms with Crippen molar-refractivity contribution in [1.82, 2.24) is 0 Å². The maximum Gasteiger partial charge on any atom is 0.335 e. The van der Waals surface area contributed by atoms with Crippen LogP contribution in [0.3, 0.4) is 0 Å². The van der Waals surface area contributed by atoms with Crippen LogP contribution in [0.25, 0.3) is 0 Å². The Morgan fingerprint density at radius 1 is 1.38 bits per heavy atom. The number of aliphatic hydroxyl groups excluding tert-OH is 2. The fourth-order valence-corrected chi connectivity index (χ4v) is 1.89. The highest BCUT2D eigenvalue weighted by Gasteiger charge is 2.19. The first-order valence-electron chi connectivity index (χ1n) is 4.41. The van der Waals surface area contributed by atoms with Gasteiger partial charge in [-0.3, -0.25) is 0 Å². The fourth-order valence-electron chi connectivity index (χ4n) is 1.21. The lowest BCUT2D eigenvalue weighted by Gasteiger charge is -2.16. The van der Waals surface area contributed by atoms with Crippen LogP contribution in [0.1, 0.15) is 22.0 Å². The lowest BCUT2D eigenvalue weighted by atomic mass is 10.0. The number of aromatic carboxylic acids is 1. The van der Waals surface area contributed by atoms with Crippen molar-refractivity contribution in [2.45, 2.75) is 12.2 Å². The summed E-state index contributed by atoms with van der Waals surface area (Å²) in [5.74, 6) is -1.23. The highest BCUT2D eigenvalue weighted by Crippen LogP contribution is 2.23. The van der Waals surface area contributed by atoms with Crippen LogP contribution in [0.5, 0.6) is 0 Å². The zero-order chi connectivity index (χ0) is 12.3. The fraction of sp³-hybridized carbons (Fsp3) is 0.300. The van der Waals surface area contributed by atoms with Gasteiger partial charge in [0.15, 0.2) is 0 Å². The van der Waals surface area contributed by atoms with Gasteiger partial charge in [-0.15, -0.1) is 11.6 Å². The molecule has 4 nitrogen and oxygen atoms in total. The third kappa shape index (κ3) is 3.18. The molecule has 0 fully saturated rings. The van der Waals surface area contributed by atoms with Gasteiger partial charge in [-0.2, -0.15) is 0 Å². The zero-order valence-electron chi connectivity index (χ0n) is 8.10. The summed E-state index contributed by atoms with van der Waals surface area (Å²) in [6.45, 7) is 0. The number of alkyl halides is 1. The van der Waals surface area contributed by atoms with E-state index in [2.05, 4.69) is 15.9 Å². The van der Waals surface area contributed by atoms with Crippen LogP contribution < -0.4 is 0 Å². The molecule has 0 bridgehead atoms. The molecule has 1 aromatic rings. The van der Waals surface area contributed by atoms with Gasteiger partial charge in [-0.25, -0.2) is 4.79 Å². The first-order valence-corrected chi connectivity index (χ1v) is 5.74. The molecule has 6 heteroatoms. The number of rotatable bonds is 4. The smallest absolute Gasteiger partial charge is 0.335 e. The van der Waals surface area contributed by atoms with Crippen LogP contribution in [0.2, 0.25) is 0 Å². The Morgan fingerprint density at radius 2 is 2.00 bits per heavy atom. The monoisotopic (exact) mass is 308 g/mol. The van der Waals surface area contributed by atoms with Gasteiger partial charge < -0.3 is 15.3 Å². The number of hydrogen-bond donors (Lipinski definition) is 3. The number of aliphatic hydroxyl groups is 2. The average Bonchev–Trinajstić information content (AvgIpc) is 2.26. The normalized spacial score (nSPS) is 14.5. The third-order valence-corrected chi connectivity index (χ3v) is 2.81. The molecular formula is C10H10BrClO4. The summed E-state index contributed by atoms with van der Waals surface area (Å²) in [7, 11) is 0. The second-order valence-electron chi connectivity index (χ2n) is 3.24. The van der Waals surface area contributed by atoms with E-state index in [-0.39, 0.29) is 11.4 Å². The molecule has 0 aromatic heterocycles. The van der Waals surface area contributed by atoms with Crippen LogP contribution in [0, 0.1) is 0 Å². The number of hydrogen-bond acceptors (Lipinski definition) is 3. The van der Waals surface area contributed by atoms with E-state index in [4.69, 9.17) is 16.7 Å². The van der Waals surface area contributed by atoms with E-state index >= 15 is 0 Å². The van der Waals surface area contributed by atoms with Crippen LogP contribution in [-0.4, -0.2) is 33.3 Å². The highest BCUT2D eigenvalue weighted by atomic mass is 79.9. The Bertz CT molecular complexity index is 396. The van der Waals surface area contributed by atoms with E-state index in [0.29, 0.717) is 10.0 Å². The summed E-state index contributed by atoms with van der Waals surface area (Å²) in [6.07, 6.45) is -2.33. The van der Waals surface area contributed by atoms with Gasteiger partial charge in [0.25, 0.3) is 0 Å². The molecule has 1 rings (SSSR count). The minimum Gasteiger partial charge on any atom is -0.478 e. The quantitative estimate of drug-likeness (QED) is 0.741. The minimum absolute atomic E-state index is 0.0326. The van der Waals surface area contributed by atoms with E-state index in [0.717, 1.165) is 0 Å². The molecule has 2 unspecified atom stereocenters. The molecular weight excluding hydrogens is 299 g/mol. The number of benzene rings is 1. The molecule has 0 amide bonds. The van der Waals surface area contributed by atoms with E-state index in [1.165, 1.54) is 18.2 Å². The summed E-state index contributed by atoms with van der Waals surface area (Å²) in [5.41, 5.74) is 0.338. The molecule has 16 heavy (non-hydrogen) atoms. The molecule has 0 saturated carbocycles. The Labute approximate surface area is 106 Å². The molecule has 0 radical (unpaired) electrons. The molecule has 0 aliphatic heterocycles. The van der Waals surface area contributed by atoms with Crippen molar-refractivity contribution in [2.75, 3.05) is 5.88 Å². The first-order chi connectivity index (χ1) is 7.45. The number of halogens is 2. The summed E-state index contributed by atoms with van der Waals surface area (Å²) < 4.78 is 0.517. The second-order valence-corrected chi connectivity index (χ2v) is 4.47. The number of carbonyl (C=O) groups is 1. The number of carboxylic acid groups (broad SMARTS) is 1. The molecule has 0 heterocycles. The highest BCUT2D eigenvalue weighted by molar-refractivity contribution is 9.10. The van der Waals surface area contributed by atoms with E-state index in [1.54, 1.807) is 0 Å². The second kappa shape index (κ2) is 5.63. The molecule has 0 aliphatic carbocycles. The SMILES string of the molecule is O=C(O)c1cc(Br)cc(C(O)C(O)CCl)c1. The van der Waals surface area contributed by atoms with E-state index in [1.807, 2.05) is 0 Å². The van der Waals surface area contributed by atoms with Crippen LogP contribution in [-0.2, 0) is 0 Å². The molecule has 88 valence electrons. The van der Waals surface area contributed by atoms with Gasteiger partial charge >= 0.3 is 5.97 Å². The van der Waals surface area contributed by atoms with Crippen LogP contribution in [0.4, 0.5) is 0 Å². The van der Waals surface area contributed by atoms with Gasteiger partial charge in [-0.05, 0) is 23.8 Å².